The zero-order chi connectivity index (χ0) is 15.9. The minimum atomic E-state index is -0.384. The van der Waals surface area contributed by atoms with Gasteiger partial charge in [-0.05, 0) is 6.07 Å². The molecule has 1 aromatic carbocycles. The molecule has 0 aliphatic carbocycles. The predicted molar refractivity (Wildman–Crippen MR) is 84.1 cm³/mol. The van der Waals surface area contributed by atoms with Crippen molar-refractivity contribution in [2.45, 2.75) is 6.54 Å². The number of nitrogens with one attached hydrogen (secondary N) is 3. The number of rotatable bonds is 3. The normalized spacial score (nSPS) is 11.0. The number of halogens is 1. The summed E-state index contributed by atoms with van der Waals surface area (Å²) in [7, 11) is 3.05. The summed E-state index contributed by atoms with van der Waals surface area (Å²) >= 11 is 6.10. The molecule has 8 heteroatoms. The standard InChI is InChI=1S/C14H14ClN5O2/c1-19-11-10(12(21)20(2)14(19)22)17-13(18-11)16-7-8-5-3-4-6-9(8)15/h3-6H,7H2,1-2H3,(H2,16,17,18)/p+1. The molecule has 0 saturated carbocycles. The Morgan fingerprint density at radius 3 is 2.68 bits per heavy atom. The van der Waals surface area contributed by atoms with Crippen LogP contribution in [0.5, 0.6) is 0 Å². The average Bonchev–Trinajstić information content (AvgIpc) is 2.94. The first kappa shape index (κ1) is 14.4. The van der Waals surface area contributed by atoms with Gasteiger partial charge in [0.25, 0.3) is 5.56 Å². The number of aromatic nitrogens is 4. The van der Waals surface area contributed by atoms with Crippen LogP contribution in [-0.2, 0) is 20.6 Å². The molecule has 114 valence electrons. The molecule has 3 N–H and O–H groups in total. The van der Waals surface area contributed by atoms with Crippen molar-refractivity contribution in [2.24, 2.45) is 14.1 Å². The van der Waals surface area contributed by atoms with Crippen molar-refractivity contribution in [3.63, 3.8) is 0 Å². The zero-order valence-corrected chi connectivity index (χ0v) is 12.9. The Hall–Kier alpha value is -2.54. The minimum Gasteiger partial charge on any atom is -0.293 e. The molecular weight excluding hydrogens is 306 g/mol. The van der Waals surface area contributed by atoms with Gasteiger partial charge >= 0.3 is 11.6 Å². The second-order valence-corrected chi connectivity index (χ2v) is 5.41. The van der Waals surface area contributed by atoms with Gasteiger partial charge in [-0.3, -0.25) is 19.7 Å². The van der Waals surface area contributed by atoms with Gasteiger partial charge in [0.1, 0.15) is 0 Å². The molecule has 0 spiro atoms. The van der Waals surface area contributed by atoms with Gasteiger partial charge in [0.15, 0.2) is 0 Å². The molecule has 0 aliphatic heterocycles. The van der Waals surface area contributed by atoms with Crippen molar-refractivity contribution in [3.05, 3.63) is 55.7 Å². The Kier molecular flexibility index (Phi) is 3.50. The summed E-state index contributed by atoms with van der Waals surface area (Å²) in [5.74, 6) is 0.535. The van der Waals surface area contributed by atoms with Crippen LogP contribution in [-0.4, -0.2) is 14.1 Å². The molecule has 3 aromatic rings. The molecule has 0 fully saturated rings. The quantitative estimate of drug-likeness (QED) is 0.743. The molecule has 0 saturated heterocycles. The van der Waals surface area contributed by atoms with E-state index >= 15 is 0 Å². The summed E-state index contributed by atoms with van der Waals surface area (Å²) in [4.78, 5) is 29.9. The molecule has 0 unspecified atom stereocenters. The van der Waals surface area contributed by atoms with E-state index in [1.165, 1.54) is 11.6 Å². The summed E-state index contributed by atoms with van der Waals surface area (Å²) in [6.07, 6.45) is 0. The third-order valence-corrected chi connectivity index (χ3v) is 3.94. The van der Waals surface area contributed by atoms with Crippen LogP contribution < -0.4 is 21.5 Å². The number of hydrogen-bond acceptors (Lipinski definition) is 3. The highest BCUT2D eigenvalue weighted by molar-refractivity contribution is 6.31. The fourth-order valence-electron chi connectivity index (χ4n) is 2.29. The van der Waals surface area contributed by atoms with E-state index in [2.05, 4.69) is 15.3 Å². The van der Waals surface area contributed by atoms with Crippen molar-refractivity contribution in [2.75, 3.05) is 5.32 Å². The summed E-state index contributed by atoms with van der Waals surface area (Å²) in [5.41, 5.74) is 0.949. The van der Waals surface area contributed by atoms with Crippen LogP contribution in [0.3, 0.4) is 0 Å². The number of aromatic amines is 2. The predicted octanol–water partition coefficient (Wildman–Crippen LogP) is 0.645. The van der Waals surface area contributed by atoms with E-state index in [4.69, 9.17) is 11.6 Å². The number of imidazole rings is 1. The van der Waals surface area contributed by atoms with Gasteiger partial charge in [0.05, 0.1) is 13.6 Å². The van der Waals surface area contributed by atoms with Gasteiger partial charge in [-0.1, -0.05) is 29.8 Å². The van der Waals surface area contributed by atoms with Gasteiger partial charge in [-0.25, -0.2) is 14.3 Å². The van der Waals surface area contributed by atoms with E-state index in [1.54, 1.807) is 7.05 Å². The van der Waals surface area contributed by atoms with Crippen LogP contribution >= 0.6 is 11.6 Å². The van der Waals surface area contributed by atoms with E-state index in [0.29, 0.717) is 28.7 Å². The van der Waals surface area contributed by atoms with E-state index < -0.39 is 0 Å². The summed E-state index contributed by atoms with van der Waals surface area (Å²) in [6, 6.07) is 7.48. The van der Waals surface area contributed by atoms with Crippen LogP contribution in [0, 0.1) is 0 Å². The van der Waals surface area contributed by atoms with Crippen LogP contribution in [0.15, 0.2) is 33.9 Å². The van der Waals surface area contributed by atoms with E-state index in [0.717, 1.165) is 10.1 Å². The molecular formula is C14H15ClN5O2+. The second-order valence-electron chi connectivity index (χ2n) is 5.00. The highest BCUT2D eigenvalue weighted by atomic mass is 35.5. The van der Waals surface area contributed by atoms with Gasteiger partial charge in [-0.15, -0.1) is 0 Å². The number of benzene rings is 1. The van der Waals surface area contributed by atoms with Gasteiger partial charge in [-0.2, -0.15) is 0 Å². The van der Waals surface area contributed by atoms with Gasteiger partial charge < -0.3 is 0 Å². The van der Waals surface area contributed by atoms with Crippen molar-refractivity contribution in [1.82, 2.24) is 14.1 Å². The summed E-state index contributed by atoms with van der Waals surface area (Å²) in [6.45, 7) is 0.483. The van der Waals surface area contributed by atoms with E-state index in [-0.39, 0.29) is 11.2 Å². The smallest absolute Gasteiger partial charge is 0.293 e. The number of anilines is 1. The molecule has 0 amide bonds. The lowest BCUT2D eigenvalue weighted by Gasteiger charge is -2.01. The van der Waals surface area contributed by atoms with Crippen LogP contribution in [0.25, 0.3) is 11.2 Å². The van der Waals surface area contributed by atoms with Crippen LogP contribution in [0.1, 0.15) is 5.56 Å². The average molecular weight is 321 g/mol. The second kappa shape index (κ2) is 5.34. The lowest BCUT2D eigenvalue weighted by Crippen LogP contribution is -2.38. The molecule has 0 radical (unpaired) electrons. The SMILES string of the molecule is Cn1c(=O)c2[nH]c(NCc3ccccc3Cl)[nH+]c2n(C)c1=O. The Labute approximate surface area is 130 Å². The van der Waals surface area contributed by atoms with Crippen LogP contribution in [0.2, 0.25) is 5.02 Å². The molecule has 22 heavy (non-hydrogen) atoms. The first-order chi connectivity index (χ1) is 10.5. The molecule has 0 atom stereocenters. The van der Waals surface area contributed by atoms with Crippen molar-refractivity contribution in [1.29, 1.82) is 0 Å². The van der Waals surface area contributed by atoms with E-state index in [9.17, 15) is 9.59 Å². The van der Waals surface area contributed by atoms with Crippen molar-refractivity contribution < 1.29 is 4.98 Å². The van der Waals surface area contributed by atoms with Crippen LogP contribution in [0.4, 0.5) is 5.95 Å². The lowest BCUT2D eigenvalue weighted by molar-refractivity contribution is -0.332. The number of aryl methyl sites for hydroxylation is 1. The fraction of sp³-hybridized carbons (Fsp3) is 0.214. The summed E-state index contributed by atoms with van der Waals surface area (Å²) in [5, 5.41) is 3.79. The topological polar surface area (TPSA) is 86.0 Å². The first-order valence-electron chi connectivity index (χ1n) is 6.67. The largest absolute Gasteiger partial charge is 0.374 e. The maximum absolute atomic E-state index is 12.1. The Morgan fingerprint density at radius 1 is 1.23 bits per heavy atom. The number of H-pyrrole nitrogens is 2. The maximum Gasteiger partial charge on any atom is 0.374 e. The maximum atomic E-state index is 12.1. The lowest BCUT2D eigenvalue weighted by atomic mass is 10.2. The number of fused-ring (bicyclic) bond motifs is 1. The minimum absolute atomic E-state index is 0.339. The fourth-order valence-corrected chi connectivity index (χ4v) is 2.49. The molecule has 2 aromatic heterocycles. The molecule has 3 rings (SSSR count). The third kappa shape index (κ3) is 2.29. The highest BCUT2D eigenvalue weighted by Gasteiger charge is 2.18. The molecule has 0 aliphatic rings. The third-order valence-electron chi connectivity index (χ3n) is 3.57. The van der Waals surface area contributed by atoms with Gasteiger partial charge in [0, 0.05) is 17.6 Å². The first-order valence-corrected chi connectivity index (χ1v) is 7.05. The molecule has 0 bridgehead atoms. The van der Waals surface area contributed by atoms with Gasteiger partial charge in [0.2, 0.25) is 11.2 Å². The number of nitrogens with zero attached hydrogens (tertiary/aromatic N) is 2. The van der Waals surface area contributed by atoms with Crippen molar-refractivity contribution in [3.8, 4) is 0 Å². The van der Waals surface area contributed by atoms with Crippen molar-refractivity contribution >= 4 is 28.7 Å². The number of hydrogen-bond donors (Lipinski definition) is 2. The Morgan fingerprint density at radius 2 is 1.95 bits per heavy atom. The molecule has 7 nitrogen and oxygen atoms in total. The Balaban J connectivity index is 1.98. The Bertz CT molecular complexity index is 970. The monoisotopic (exact) mass is 320 g/mol. The van der Waals surface area contributed by atoms with E-state index in [1.807, 2.05) is 24.3 Å². The summed E-state index contributed by atoms with van der Waals surface area (Å²) < 4.78 is 2.44. The molecule has 2 heterocycles. The highest BCUT2D eigenvalue weighted by Crippen LogP contribution is 2.15. The zero-order valence-electron chi connectivity index (χ0n) is 12.1.